The van der Waals surface area contributed by atoms with E-state index in [0.717, 1.165) is 56.5 Å². The highest BCUT2D eigenvalue weighted by Crippen LogP contribution is 2.29. The summed E-state index contributed by atoms with van der Waals surface area (Å²) in [7, 11) is 3.14. The molecular weight excluding hydrogens is 448 g/mol. The number of hydrogen-bond acceptors (Lipinski definition) is 10. The molecule has 0 amide bonds. The molecule has 2 N–H and O–H groups in total. The Morgan fingerprint density at radius 1 is 1.00 bits per heavy atom. The van der Waals surface area contributed by atoms with Gasteiger partial charge in [0.15, 0.2) is 17.2 Å². The van der Waals surface area contributed by atoms with Crippen LogP contribution in [0.3, 0.4) is 0 Å². The molecule has 4 aromatic heterocycles. The number of nitrogens with zero attached hydrogens (tertiary/aromatic N) is 6. The molecule has 0 spiro atoms. The molecule has 11 heteroatoms. The monoisotopic (exact) mass is 476 g/mol. The molecule has 11 nitrogen and oxygen atoms in total. The highest BCUT2D eigenvalue weighted by molar-refractivity contribution is 5.66. The van der Waals surface area contributed by atoms with Crippen molar-refractivity contribution in [2.24, 2.45) is 0 Å². The molecule has 5 heterocycles. The molecular formula is C24H28N8O3. The van der Waals surface area contributed by atoms with Gasteiger partial charge in [-0.3, -0.25) is 4.90 Å². The lowest BCUT2D eigenvalue weighted by Gasteiger charge is -2.26. The van der Waals surface area contributed by atoms with Crippen LogP contribution in [0.2, 0.25) is 0 Å². The second-order valence-corrected chi connectivity index (χ2v) is 7.99. The van der Waals surface area contributed by atoms with Crippen molar-refractivity contribution < 1.29 is 14.2 Å². The lowest BCUT2D eigenvalue weighted by atomic mass is 10.2. The molecule has 1 aliphatic rings. The molecule has 1 saturated heterocycles. The zero-order valence-electron chi connectivity index (χ0n) is 19.8. The fraction of sp³-hybridized carbons (Fsp3) is 0.333. The summed E-state index contributed by atoms with van der Waals surface area (Å²) in [5.41, 5.74) is 2.26. The fourth-order valence-corrected chi connectivity index (χ4v) is 3.87. The smallest absolute Gasteiger partial charge is 0.256 e. The van der Waals surface area contributed by atoms with Crippen LogP contribution in [0.25, 0.3) is 16.9 Å². The lowest BCUT2D eigenvalue weighted by Crippen LogP contribution is -2.39. The van der Waals surface area contributed by atoms with Crippen LogP contribution >= 0.6 is 0 Å². The molecule has 0 aliphatic carbocycles. The maximum absolute atomic E-state index is 5.40. The predicted octanol–water partition coefficient (Wildman–Crippen LogP) is 2.69. The van der Waals surface area contributed by atoms with E-state index in [4.69, 9.17) is 19.2 Å². The Kier molecular flexibility index (Phi) is 6.87. The first kappa shape index (κ1) is 22.8. The molecule has 0 radical (unpaired) electrons. The average molecular weight is 477 g/mol. The zero-order chi connectivity index (χ0) is 24.0. The van der Waals surface area contributed by atoms with Gasteiger partial charge in [-0.25, -0.2) is 19.5 Å². The van der Waals surface area contributed by atoms with Crippen LogP contribution in [0.1, 0.15) is 0 Å². The Morgan fingerprint density at radius 3 is 2.69 bits per heavy atom. The summed E-state index contributed by atoms with van der Waals surface area (Å²) in [6.45, 7) is 5.34. The number of fused-ring (bicyclic) bond motifs is 1. The number of anilines is 3. The minimum Gasteiger partial charge on any atom is -0.491 e. The molecule has 182 valence electrons. The quantitative estimate of drug-likeness (QED) is 0.374. The topological polar surface area (TPSA) is 111 Å². The number of morpholine rings is 1. The number of rotatable bonds is 9. The van der Waals surface area contributed by atoms with E-state index in [2.05, 4.69) is 30.6 Å². The van der Waals surface area contributed by atoms with Crippen molar-refractivity contribution in [3.8, 4) is 22.9 Å². The van der Waals surface area contributed by atoms with Gasteiger partial charge in [0.05, 0.1) is 33.1 Å². The van der Waals surface area contributed by atoms with Crippen LogP contribution < -0.4 is 20.1 Å². The number of ether oxygens (including phenoxy) is 3. The van der Waals surface area contributed by atoms with Crippen LogP contribution in [-0.2, 0) is 4.74 Å². The largest absolute Gasteiger partial charge is 0.491 e. The average Bonchev–Trinajstić information content (AvgIpc) is 3.30. The Hall–Kier alpha value is -3.96. The molecule has 0 saturated carbocycles. The van der Waals surface area contributed by atoms with E-state index in [1.807, 2.05) is 42.6 Å². The predicted molar refractivity (Wildman–Crippen MR) is 133 cm³/mol. The Bertz CT molecular complexity index is 1290. The van der Waals surface area contributed by atoms with E-state index in [-0.39, 0.29) is 0 Å². The van der Waals surface area contributed by atoms with Crippen LogP contribution in [0.15, 0.2) is 48.8 Å². The van der Waals surface area contributed by atoms with E-state index < -0.39 is 0 Å². The second-order valence-electron chi connectivity index (χ2n) is 7.99. The summed E-state index contributed by atoms with van der Waals surface area (Å²) in [6, 6.07) is 11.4. The molecule has 0 unspecified atom stereocenters. The van der Waals surface area contributed by atoms with Gasteiger partial charge in [0.1, 0.15) is 11.6 Å². The van der Waals surface area contributed by atoms with Crippen LogP contribution in [0.5, 0.6) is 11.6 Å². The minimum atomic E-state index is 0.429. The lowest BCUT2D eigenvalue weighted by molar-refractivity contribution is 0.0398. The number of nitrogens with one attached hydrogen (secondary N) is 2. The SMILES string of the molecule is COc1cc(-c2ccn3nc(Nc4cccc(NCCN5CCOCC5)n4)cc3n2)cnc1OC. The standard InChI is InChI=1S/C24H28N8O3/c1-33-19-14-17(16-26-24(19)34-2)18-6-8-32-23(27-18)15-22(30-32)29-21-5-3-4-20(28-21)25-7-9-31-10-12-35-13-11-31/h3-6,8,14-16H,7,9-13H2,1-2H3,(H2,25,28,29,30). The van der Waals surface area contributed by atoms with Crippen LogP contribution in [0, 0.1) is 0 Å². The maximum atomic E-state index is 5.40. The Labute approximate surface area is 203 Å². The first-order chi connectivity index (χ1) is 17.2. The molecule has 0 bridgehead atoms. The van der Waals surface area contributed by atoms with Crippen molar-refractivity contribution in [1.82, 2.24) is 29.5 Å². The van der Waals surface area contributed by atoms with E-state index in [1.165, 1.54) is 0 Å². The fourth-order valence-electron chi connectivity index (χ4n) is 3.87. The highest BCUT2D eigenvalue weighted by atomic mass is 16.5. The van der Waals surface area contributed by atoms with Gasteiger partial charge in [0.2, 0.25) is 0 Å². The molecule has 1 fully saturated rings. The van der Waals surface area contributed by atoms with Gasteiger partial charge < -0.3 is 24.8 Å². The van der Waals surface area contributed by atoms with Gasteiger partial charge in [0.25, 0.3) is 5.88 Å². The highest BCUT2D eigenvalue weighted by Gasteiger charge is 2.12. The number of methoxy groups -OCH3 is 2. The normalized spacial score (nSPS) is 14.1. The first-order valence-electron chi connectivity index (χ1n) is 11.4. The van der Waals surface area contributed by atoms with E-state index in [0.29, 0.717) is 28.9 Å². The summed E-state index contributed by atoms with van der Waals surface area (Å²) in [5.74, 6) is 3.14. The van der Waals surface area contributed by atoms with Gasteiger partial charge in [-0.05, 0) is 24.3 Å². The second kappa shape index (κ2) is 10.5. The summed E-state index contributed by atoms with van der Waals surface area (Å²) in [4.78, 5) is 16.1. The van der Waals surface area contributed by atoms with Gasteiger partial charge in [-0.15, -0.1) is 5.10 Å². The van der Waals surface area contributed by atoms with Gasteiger partial charge >= 0.3 is 0 Å². The van der Waals surface area contributed by atoms with E-state index in [9.17, 15) is 0 Å². The summed E-state index contributed by atoms with van der Waals surface area (Å²) in [5, 5.41) is 11.2. The molecule has 5 rings (SSSR count). The number of hydrogen-bond donors (Lipinski definition) is 2. The summed E-state index contributed by atoms with van der Waals surface area (Å²) in [6.07, 6.45) is 3.56. The Balaban J connectivity index is 1.26. The number of aromatic nitrogens is 5. The summed E-state index contributed by atoms with van der Waals surface area (Å²) >= 11 is 0. The van der Waals surface area contributed by atoms with Crippen LogP contribution in [0.4, 0.5) is 17.5 Å². The molecule has 0 atom stereocenters. The Morgan fingerprint density at radius 2 is 1.86 bits per heavy atom. The van der Waals surface area contributed by atoms with Crippen LogP contribution in [-0.4, -0.2) is 83.1 Å². The summed E-state index contributed by atoms with van der Waals surface area (Å²) < 4.78 is 17.7. The van der Waals surface area contributed by atoms with E-state index >= 15 is 0 Å². The maximum Gasteiger partial charge on any atom is 0.256 e. The van der Waals surface area contributed by atoms with Crippen molar-refractivity contribution in [2.45, 2.75) is 0 Å². The van der Waals surface area contributed by atoms with E-state index in [1.54, 1.807) is 24.9 Å². The van der Waals surface area contributed by atoms with Gasteiger partial charge in [-0.2, -0.15) is 0 Å². The third-order valence-electron chi connectivity index (χ3n) is 5.70. The molecule has 4 aromatic rings. The van der Waals surface area contributed by atoms with Gasteiger partial charge in [0, 0.05) is 50.2 Å². The minimum absolute atomic E-state index is 0.429. The molecule has 0 aromatic carbocycles. The third kappa shape index (κ3) is 5.42. The number of pyridine rings is 2. The first-order valence-corrected chi connectivity index (χ1v) is 11.4. The molecule has 35 heavy (non-hydrogen) atoms. The zero-order valence-corrected chi connectivity index (χ0v) is 19.8. The van der Waals surface area contributed by atoms with Gasteiger partial charge in [-0.1, -0.05) is 6.07 Å². The third-order valence-corrected chi connectivity index (χ3v) is 5.70. The van der Waals surface area contributed by atoms with Crippen molar-refractivity contribution in [2.75, 3.05) is 64.2 Å². The van der Waals surface area contributed by atoms with Crippen molar-refractivity contribution >= 4 is 23.1 Å². The van der Waals surface area contributed by atoms with Crippen molar-refractivity contribution in [3.63, 3.8) is 0 Å². The van der Waals surface area contributed by atoms with Crippen molar-refractivity contribution in [1.29, 1.82) is 0 Å². The molecule has 1 aliphatic heterocycles. The van der Waals surface area contributed by atoms with Crippen molar-refractivity contribution in [3.05, 3.63) is 48.8 Å².